The maximum absolute atomic E-state index is 14.1. The van der Waals surface area contributed by atoms with Crippen molar-refractivity contribution >= 4 is 0 Å². The Bertz CT molecular complexity index is 1770. The molecule has 30 heteroatoms. The Morgan fingerprint density at radius 1 is 0.534 bits per heavy atom. The van der Waals surface area contributed by atoms with Gasteiger partial charge in [-0.1, -0.05) is 12.1 Å². The van der Waals surface area contributed by atoms with Crippen LogP contribution in [0.1, 0.15) is 11.1 Å². The number of benzene rings is 2. The minimum Gasteiger partial charge on any atom is -0.843 e. The van der Waals surface area contributed by atoms with Gasteiger partial charge >= 0.3 is 34.1 Å². The molecule has 2 aromatic carbocycles. The molecule has 0 atom stereocenters. The first-order valence-electron chi connectivity index (χ1n) is 14.7. The topological polar surface area (TPSA) is 342 Å². The van der Waals surface area contributed by atoms with E-state index < -0.39 is 44.6 Å². The summed E-state index contributed by atoms with van der Waals surface area (Å²) in [7, 11) is 2.00. The molecule has 0 saturated heterocycles. The Labute approximate surface area is 344 Å². The molecule has 0 fully saturated rings. The Balaban J connectivity index is 0. The van der Waals surface area contributed by atoms with E-state index in [2.05, 4.69) is 40.3 Å². The summed E-state index contributed by atoms with van der Waals surface area (Å²) in [6.07, 6.45) is 10.5. The molecule has 2 radical (unpaired) electrons. The minimum absolute atomic E-state index is 0. The number of aromatic nitrogens is 12. The number of rotatable bonds is 10. The van der Waals surface area contributed by atoms with Crippen LogP contribution in [-0.2, 0) is 71.5 Å². The third-order valence-electron chi connectivity index (χ3n) is 6.38. The molecule has 0 spiro atoms. The first-order chi connectivity index (χ1) is 26.6. The van der Waals surface area contributed by atoms with Gasteiger partial charge in [0.05, 0.1) is 10.2 Å². The van der Waals surface area contributed by atoms with Crippen LogP contribution in [0.5, 0.6) is 0 Å². The molecule has 0 aliphatic carbocycles. The molecule has 4 heterocycles. The van der Waals surface area contributed by atoms with Crippen molar-refractivity contribution in [3.8, 4) is 0 Å². The molecule has 6 rings (SSSR count). The summed E-state index contributed by atoms with van der Waals surface area (Å²) in [4.78, 5) is 31.5. The third-order valence-corrected chi connectivity index (χ3v) is 6.38. The number of hydrogen-bond acceptors (Lipinski definition) is 18. The summed E-state index contributed by atoms with van der Waals surface area (Å²) < 4.78 is 59.5. The van der Waals surface area contributed by atoms with Crippen LogP contribution >= 0.6 is 0 Å². The maximum Gasteiger partial charge on any atom is 2.00 e. The SMILES string of the molecule is CO.CO.O=[N+]([O-])[O-].O=[N+]([O-])[O-].[Cu+2].[Cu+2].[O-]C(Cn1cncn1)(Cn1cncn1)c1ccc(F)cc1F.[O-]C(Cn1cncn1)(Cn1cncn1)c1ccc(F)cc1F. The molecular weight excluding hydrogens is 895 g/mol. The summed E-state index contributed by atoms with van der Waals surface area (Å²) in [5, 5.41) is 85.4. The average molecular weight is 926 g/mol. The van der Waals surface area contributed by atoms with Crippen molar-refractivity contribution in [1.82, 2.24) is 59.1 Å². The Morgan fingerprint density at radius 3 is 0.931 bits per heavy atom. The van der Waals surface area contributed by atoms with Gasteiger partial charge in [0, 0.05) is 52.5 Å². The maximum atomic E-state index is 14.1. The van der Waals surface area contributed by atoms with E-state index in [0.29, 0.717) is 12.1 Å². The van der Waals surface area contributed by atoms with E-state index in [0.717, 1.165) is 38.5 Å². The van der Waals surface area contributed by atoms with Gasteiger partial charge in [0.25, 0.3) is 0 Å². The fraction of sp³-hybridized carbons (Fsp3) is 0.286. The largest absolute Gasteiger partial charge is 2.00 e. The van der Waals surface area contributed by atoms with Crippen LogP contribution in [0.2, 0.25) is 0 Å². The second-order valence-corrected chi connectivity index (χ2v) is 10.1. The molecule has 24 nitrogen and oxygen atoms in total. The molecule has 0 aliphatic rings. The van der Waals surface area contributed by atoms with Gasteiger partial charge in [-0.2, -0.15) is 20.4 Å². The van der Waals surface area contributed by atoms with E-state index in [1.165, 1.54) is 69.3 Å². The predicted octanol–water partition coefficient (Wildman–Crippen LogP) is -1.06. The summed E-state index contributed by atoms with van der Waals surface area (Å²) >= 11 is 0. The molecule has 0 unspecified atom stereocenters. The number of aliphatic hydroxyl groups is 2. The normalized spacial score (nSPS) is 9.97. The van der Waals surface area contributed by atoms with Crippen LogP contribution < -0.4 is 10.2 Å². The van der Waals surface area contributed by atoms with Crippen LogP contribution in [-0.4, -0.2) is 93.7 Å². The zero-order valence-electron chi connectivity index (χ0n) is 29.4. The summed E-state index contributed by atoms with van der Waals surface area (Å²) in [6.45, 7) is -0.740. The van der Waals surface area contributed by atoms with Crippen LogP contribution in [0.15, 0.2) is 87.0 Å². The molecule has 0 amide bonds. The van der Waals surface area contributed by atoms with Gasteiger partial charge in [-0.3, -0.25) is 18.7 Å². The van der Waals surface area contributed by atoms with Crippen LogP contribution in [0, 0.1) is 53.9 Å². The predicted molar refractivity (Wildman–Crippen MR) is 173 cm³/mol. The van der Waals surface area contributed by atoms with E-state index in [1.807, 2.05) is 0 Å². The number of aliphatic hydroxyl groups excluding tert-OH is 2. The summed E-state index contributed by atoms with van der Waals surface area (Å²) in [5.74, 6) is -3.30. The molecule has 58 heavy (non-hydrogen) atoms. The zero-order chi connectivity index (χ0) is 42.3. The molecule has 2 N–H and O–H groups in total. The van der Waals surface area contributed by atoms with Crippen LogP contribution in [0.25, 0.3) is 0 Å². The van der Waals surface area contributed by atoms with Gasteiger partial charge < -0.3 is 51.1 Å². The van der Waals surface area contributed by atoms with E-state index in [9.17, 15) is 27.8 Å². The van der Waals surface area contributed by atoms with Crippen molar-refractivity contribution < 1.29 is 82.3 Å². The van der Waals surface area contributed by atoms with Crippen molar-refractivity contribution in [2.45, 2.75) is 37.4 Å². The Morgan fingerprint density at radius 2 is 0.759 bits per heavy atom. The Kier molecular flexibility index (Phi) is 25.7. The molecule has 4 aromatic heterocycles. The van der Waals surface area contributed by atoms with Crippen molar-refractivity contribution in [3.05, 3.63) is 152 Å². The fourth-order valence-electron chi connectivity index (χ4n) is 4.46. The number of nitrogens with zero attached hydrogens (tertiary/aromatic N) is 14. The monoisotopic (exact) mass is 924 g/mol. The van der Waals surface area contributed by atoms with Gasteiger partial charge in [0.1, 0.15) is 73.9 Å². The minimum atomic E-state index is -1.95. The standard InChI is InChI=1S/2C13H11F2N6O.2CH4O.2Cu.2NO3/c2*14-10-1-2-11(12(15)3-10)13(22,4-20-8-16-6-18-20)5-21-9-17-7-19-21;2*1-2;;;2*2-1(3)4/h2*1-3,6-9H,4-5H2;2*2H,1H3;;;;/q2*-1;;;2*+2;2*-1. The van der Waals surface area contributed by atoms with Crippen molar-refractivity contribution in [1.29, 1.82) is 0 Å². The summed E-state index contributed by atoms with van der Waals surface area (Å²) in [6, 6.07) is 5.76. The van der Waals surface area contributed by atoms with E-state index >= 15 is 0 Å². The summed E-state index contributed by atoms with van der Waals surface area (Å²) in [5.41, 5.74) is -4.22. The van der Waals surface area contributed by atoms with E-state index in [1.54, 1.807) is 0 Å². The fourth-order valence-corrected chi connectivity index (χ4v) is 4.46. The van der Waals surface area contributed by atoms with E-state index in [-0.39, 0.29) is 71.4 Å². The first kappa shape index (κ1) is 54.1. The van der Waals surface area contributed by atoms with Gasteiger partial charge in [-0.25, -0.2) is 37.5 Å². The van der Waals surface area contributed by atoms with Crippen molar-refractivity contribution in [2.75, 3.05) is 14.2 Å². The number of halogens is 4. The first-order valence-corrected chi connectivity index (χ1v) is 14.7. The third kappa shape index (κ3) is 18.8. The Hall–Kier alpha value is -6.00. The second kappa shape index (κ2) is 27.6. The molecular formula is C28H30Cu2F4N14O10. The van der Waals surface area contributed by atoms with E-state index in [4.69, 9.17) is 40.9 Å². The molecule has 0 aliphatic heterocycles. The molecule has 6 aromatic rings. The van der Waals surface area contributed by atoms with Crippen LogP contribution in [0.3, 0.4) is 0 Å². The van der Waals surface area contributed by atoms with Crippen LogP contribution in [0.4, 0.5) is 17.6 Å². The van der Waals surface area contributed by atoms with Gasteiger partial charge in [0.15, 0.2) is 0 Å². The van der Waals surface area contributed by atoms with Gasteiger partial charge in [-0.05, 0) is 34.5 Å². The van der Waals surface area contributed by atoms with Crippen molar-refractivity contribution in [2.24, 2.45) is 0 Å². The quantitative estimate of drug-likeness (QED) is 0.0716. The van der Waals surface area contributed by atoms with Gasteiger partial charge in [-0.15, -0.1) is 0 Å². The second-order valence-electron chi connectivity index (χ2n) is 10.1. The van der Waals surface area contributed by atoms with Gasteiger partial charge in [0.2, 0.25) is 0 Å². The molecule has 0 saturated carbocycles. The molecule has 322 valence electrons. The number of hydrogen-bond donors (Lipinski definition) is 2. The molecule has 0 bridgehead atoms. The average Bonchev–Trinajstić information content (AvgIpc) is 3.97. The smallest absolute Gasteiger partial charge is 0.843 e. The zero-order valence-corrected chi connectivity index (χ0v) is 31.3. The van der Waals surface area contributed by atoms with Crippen molar-refractivity contribution in [3.63, 3.8) is 0 Å².